The van der Waals surface area contributed by atoms with Gasteiger partial charge in [0.05, 0.1) is 12.7 Å². The fourth-order valence-electron chi connectivity index (χ4n) is 3.55. The van der Waals surface area contributed by atoms with Crippen LogP contribution >= 0.6 is 0 Å². The number of nitrogens with one attached hydrogen (secondary N) is 2. The summed E-state index contributed by atoms with van der Waals surface area (Å²) in [6.07, 6.45) is -0.364. The third kappa shape index (κ3) is 6.49. The van der Waals surface area contributed by atoms with Crippen molar-refractivity contribution in [2.24, 2.45) is 5.73 Å². The van der Waals surface area contributed by atoms with E-state index in [1.807, 2.05) is 6.07 Å². The first-order chi connectivity index (χ1) is 15.1. The van der Waals surface area contributed by atoms with Crippen molar-refractivity contribution in [3.63, 3.8) is 0 Å². The van der Waals surface area contributed by atoms with Crippen LogP contribution in [0.4, 0.5) is 0 Å². The minimum atomic E-state index is -1.51. The molecule has 3 amide bonds. The first kappa shape index (κ1) is 25.2. The van der Waals surface area contributed by atoms with Gasteiger partial charge >= 0.3 is 5.97 Å². The molecule has 0 aliphatic carbocycles. The lowest BCUT2D eigenvalue weighted by molar-refractivity contribution is -0.147. The van der Waals surface area contributed by atoms with Crippen LogP contribution in [0, 0.1) is 0 Å². The van der Waals surface area contributed by atoms with Gasteiger partial charge in [0.15, 0.2) is 6.04 Å². The molecule has 0 aromatic heterocycles. The number of hydrogen-bond acceptors (Lipinski definition) is 7. The lowest BCUT2D eigenvalue weighted by Crippen LogP contribution is -2.58. The number of nitrogens with two attached hydrogens (primary N) is 1. The fraction of sp³-hybridized carbons (Fsp3) is 0.524. The fourth-order valence-corrected chi connectivity index (χ4v) is 3.55. The summed E-state index contributed by atoms with van der Waals surface area (Å²) in [7, 11) is 0. The van der Waals surface area contributed by atoms with E-state index in [4.69, 9.17) is 10.8 Å². The van der Waals surface area contributed by atoms with Gasteiger partial charge in [-0.1, -0.05) is 30.3 Å². The molecule has 5 atom stereocenters. The summed E-state index contributed by atoms with van der Waals surface area (Å²) >= 11 is 0. The van der Waals surface area contributed by atoms with Crippen LogP contribution in [0.15, 0.2) is 30.3 Å². The molecule has 1 aromatic rings. The molecule has 2 rings (SSSR count). The van der Waals surface area contributed by atoms with Gasteiger partial charge in [-0.15, -0.1) is 0 Å². The smallest absolute Gasteiger partial charge is 0.328 e. The van der Waals surface area contributed by atoms with E-state index in [0.29, 0.717) is 12.8 Å². The number of benzene rings is 1. The number of aliphatic carboxylic acids is 1. The van der Waals surface area contributed by atoms with Gasteiger partial charge in [0.2, 0.25) is 17.7 Å². The zero-order valence-corrected chi connectivity index (χ0v) is 17.8. The summed E-state index contributed by atoms with van der Waals surface area (Å²) in [5.41, 5.74) is 6.34. The number of carboxylic acid groups (broad SMARTS) is 1. The van der Waals surface area contributed by atoms with Gasteiger partial charge in [0, 0.05) is 13.0 Å². The van der Waals surface area contributed by atoms with Crippen LogP contribution in [-0.2, 0) is 25.6 Å². The molecular formula is C21H30N4O7. The second kappa shape index (κ2) is 11.6. The maximum atomic E-state index is 13.3. The normalized spacial score (nSPS) is 19.5. The van der Waals surface area contributed by atoms with Crippen LogP contribution in [0.25, 0.3) is 0 Å². The minimum absolute atomic E-state index is 0.139. The van der Waals surface area contributed by atoms with Gasteiger partial charge < -0.3 is 36.6 Å². The van der Waals surface area contributed by atoms with E-state index in [2.05, 4.69) is 10.6 Å². The van der Waals surface area contributed by atoms with Crippen molar-refractivity contribution in [1.29, 1.82) is 0 Å². The Kier molecular flexibility index (Phi) is 9.12. The first-order valence-electron chi connectivity index (χ1n) is 10.4. The Morgan fingerprint density at radius 1 is 1.19 bits per heavy atom. The molecule has 1 saturated heterocycles. The van der Waals surface area contributed by atoms with E-state index in [1.165, 1.54) is 11.8 Å². The molecule has 11 nitrogen and oxygen atoms in total. The summed E-state index contributed by atoms with van der Waals surface area (Å²) < 4.78 is 0. The van der Waals surface area contributed by atoms with Crippen LogP contribution in [0.5, 0.6) is 0 Å². The SMILES string of the molecule is CC(O)C(NC(=O)C1CCCN1C(=O)C(Cc1ccccc1)NC(=O)C(N)CO)C(=O)O. The molecule has 1 fully saturated rings. The number of carboxylic acids is 1. The summed E-state index contributed by atoms with van der Waals surface area (Å²) in [4.78, 5) is 50.9. The van der Waals surface area contributed by atoms with Crippen molar-refractivity contribution >= 4 is 23.7 Å². The van der Waals surface area contributed by atoms with Gasteiger partial charge in [-0.2, -0.15) is 0 Å². The second-order valence-electron chi connectivity index (χ2n) is 7.79. The lowest BCUT2D eigenvalue weighted by atomic mass is 10.0. The zero-order chi connectivity index (χ0) is 23.8. The van der Waals surface area contributed by atoms with Crippen LogP contribution in [-0.4, -0.2) is 87.3 Å². The van der Waals surface area contributed by atoms with Gasteiger partial charge in [-0.05, 0) is 25.3 Å². The molecule has 5 unspecified atom stereocenters. The standard InChI is InChI=1S/C21H30N4O7/c1-12(27)17(21(31)32)24-19(29)16-8-5-9-25(16)20(30)15(23-18(28)14(22)11-26)10-13-6-3-2-4-7-13/h2-4,6-7,12,14-17,26-27H,5,8-11,22H2,1H3,(H,23,28)(H,24,29)(H,31,32). The van der Waals surface area contributed by atoms with Crippen LogP contribution in [0.3, 0.4) is 0 Å². The van der Waals surface area contributed by atoms with Gasteiger partial charge in [0.1, 0.15) is 18.1 Å². The minimum Gasteiger partial charge on any atom is -0.480 e. The molecular weight excluding hydrogens is 420 g/mol. The van der Waals surface area contributed by atoms with E-state index in [1.54, 1.807) is 24.3 Å². The number of carbonyl (C=O) groups is 4. The lowest BCUT2D eigenvalue weighted by Gasteiger charge is -2.30. The molecule has 0 bridgehead atoms. The summed E-state index contributed by atoms with van der Waals surface area (Å²) in [5.74, 6) is -3.31. The van der Waals surface area contributed by atoms with Crippen molar-refractivity contribution in [2.45, 2.75) is 56.5 Å². The van der Waals surface area contributed by atoms with Gasteiger partial charge in [-0.3, -0.25) is 14.4 Å². The molecule has 32 heavy (non-hydrogen) atoms. The monoisotopic (exact) mass is 450 g/mol. The molecule has 1 aliphatic heterocycles. The van der Waals surface area contributed by atoms with Gasteiger partial charge in [-0.25, -0.2) is 4.79 Å². The molecule has 11 heteroatoms. The topological polar surface area (TPSA) is 182 Å². The van der Waals surface area contributed by atoms with Crippen LogP contribution < -0.4 is 16.4 Å². The molecule has 1 aromatic carbocycles. The predicted octanol–water partition coefficient (Wildman–Crippen LogP) is -2.03. The van der Waals surface area contributed by atoms with Gasteiger partial charge in [0.25, 0.3) is 0 Å². The van der Waals surface area contributed by atoms with E-state index in [0.717, 1.165) is 5.56 Å². The second-order valence-corrected chi connectivity index (χ2v) is 7.79. The average Bonchev–Trinajstić information content (AvgIpc) is 3.26. The maximum absolute atomic E-state index is 13.3. The van der Waals surface area contributed by atoms with E-state index in [9.17, 15) is 29.4 Å². The highest BCUT2D eigenvalue weighted by atomic mass is 16.4. The number of rotatable bonds is 10. The predicted molar refractivity (Wildman–Crippen MR) is 113 cm³/mol. The Hall–Kier alpha value is -3.02. The first-order valence-corrected chi connectivity index (χ1v) is 10.4. The molecule has 0 saturated carbocycles. The number of nitrogens with zero attached hydrogens (tertiary/aromatic N) is 1. The highest BCUT2D eigenvalue weighted by Crippen LogP contribution is 2.20. The van der Waals surface area contributed by atoms with Crippen molar-refractivity contribution in [2.75, 3.05) is 13.2 Å². The Bertz CT molecular complexity index is 818. The quantitative estimate of drug-likeness (QED) is 0.236. The third-order valence-electron chi connectivity index (χ3n) is 5.32. The zero-order valence-electron chi connectivity index (χ0n) is 17.8. The Balaban J connectivity index is 2.21. The van der Waals surface area contributed by atoms with E-state index >= 15 is 0 Å². The van der Waals surface area contributed by atoms with E-state index in [-0.39, 0.29) is 13.0 Å². The largest absolute Gasteiger partial charge is 0.480 e. The van der Waals surface area contributed by atoms with Crippen LogP contribution in [0.2, 0.25) is 0 Å². The molecule has 7 N–H and O–H groups in total. The Morgan fingerprint density at radius 3 is 2.41 bits per heavy atom. The number of likely N-dealkylation sites (tertiary alicyclic amines) is 1. The van der Waals surface area contributed by atoms with Crippen molar-refractivity contribution in [1.82, 2.24) is 15.5 Å². The third-order valence-corrected chi connectivity index (χ3v) is 5.32. The number of aliphatic hydroxyl groups is 2. The molecule has 0 radical (unpaired) electrons. The molecule has 0 spiro atoms. The average molecular weight is 450 g/mol. The number of amides is 3. The summed E-state index contributed by atoms with van der Waals surface area (Å²) in [6, 6.07) is 4.25. The number of aliphatic hydroxyl groups excluding tert-OH is 2. The Labute approximate surface area is 185 Å². The highest BCUT2D eigenvalue weighted by molar-refractivity contribution is 5.94. The van der Waals surface area contributed by atoms with Crippen molar-refractivity contribution < 1.29 is 34.5 Å². The summed E-state index contributed by atoms with van der Waals surface area (Å²) in [5, 5.41) is 32.8. The summed E-state index contributed by atoms with van der Waals surface area (Å²) in [6.45, 7) is 0.895. The van der Waals surface area contributed by atoms with E-state index < -0.39 is 60.6 Å². The highest BCUT2D eigenvalue weighted by Gasteiger charge is 2.39. The molecule has 176 valence electrons. The maximum Gasteiger partial charge on any atom is 0.328 e. The van der Waals surface area contributed by atoms with Crippen molar-refractivity contribution in [3.8, 4) is 0 Å². The van der Waals surface area contributed by atoms with Crippen LogP contribution in [0.1, 0.15) is 25.3 Å². The molecule has 1 heterocycles. The molecule has 1 aliphatic rings. The number of hydrogen-bond donors (Lipinski definition) is 6. The van der Waals surface area contributed by atoms with Crippen molar-refractivity contribution in [3.05, 3.63) is 35.9 Å². The Morgan fingerprint density at radius 2 is 1.84 bits per heavy atom. The number of carbonyl (C=O) groups excluding carboxylic acids is 3.